The first-order valence-corrected chi connectivity index (χ1v) is 5.72. The number of ether oxygens (including phenoxy) is 2. The lowest BCUT2D eigenvalue weighted by atomic mass is 10.00. The topological polar surface area (TPSA) is 86.1 Å². The lowest BCUT2D eigenvalue weighted by molar-refractivity contribution is 0.264. The maximum absolute atomic E-state index is 5.39. The van der Waals surface area contributed by atoms with Crippen LogP contribution in [-0.2, 0) is 13.0 Å². The summed E-state index contributed by atoms with van der Waals surface area (Å²) >= 11 is 0. The predicted octanol–water partition coefficient (Wildman–Crippen LogP) is 0.250. The molecule has 0 saturated heterocycles. The number of guanidine groups is 1. The van der Waals surface area contributed by atoms with Crippen molar-refractivity contribution in [1.29, 1.82) is 0 Å². The van der Waals surface area contributed by atoms with E-state index in [2.05, 4.69) is 5.10 Å². The molecule has 98 valence electrons. The van der Waals surface area contributed by atoms with Gasteiger partial charge in [0.15, 0.2) is 11.5 Å². The predicted molar refractivity (Wildman–Crippen MR) is 69.5 cm³/mol. The highest BCUT2D eigenvalue weighted by Crippen LogP contribution is 2.33. The molecule has 0 saturated carbocycles. The van der Waals surface area contributed by atoms with Crippen molar-refractivity contribution in [2.24, 2.45) is 16.6 Å². The minimum absolute atomic E-state index is 0.0823. The van der Waals surface area contributed by atoms with Gasteiger partial charge >= 0.3 is 0 Å². The van der Waals surface area contributed by atoms with Gasteiger partial charge < -0.3 is 20.9 Å². The minimum atomic E-state index is 0.0823. The monoisotopic (exact) mass is 250 g/mol. The van der Waals surface area contributed by atoms with E-state index in [1.54, 1.807) is 14.2 Å². The fourth-order valence-electron chi connectivity index (χ4n) is 2.12. The summed E-state index contributed by atoms with van der Waals surface area (Å²) in [5.41, 5.74) is 13.2. The van der Waals surface area contributed by atoms with Crippen molar-refractivity contribution in [1.82, 2.24) is 5.01 Å². The number of benzene rings is 1. The minimum Gasteiger partial charge on any atom is -0.493 e. The summed E-state index contributed by atoms with van der Waals surface area (Å²) in [6.45, 7) is 1.47. The first kappa shape index (κ1) is 12.3. The summed E-state index contributed by atoms with van der Waals surface area (Å²) in [6.07, 6.45) is 0.881. The number of hydrogen-bond donors (Lipinski definition) is 2. The van der Waals surface area contributed by atoms with Gasteiger partial charge in [0.25, 0.3) is 0 Å². The molecule has 0 aliphatic carbocycles. The van der Waals surface area contributed by atoms with Crippen molar-refractivity contribution in [3.05, 3.63) is 23.3 Å². The van der Waals surface area contributed by atoms with Gasteiger partial charge in [0.05, 0.1) is 20.8 Å². The molecule has 18 heavy (non-hydrogen) atoms. The van der Waals surface area contributed by atoms with E-state index in [0.29, 0.717) is 6.54 Å². The maximum Gasteiger partial charge on any atom is 0.208 e. The van der Waals surface area contributed by atoms with Crippen molar-refractivity contribution in [3.63, 3.8) is 0 Å². The van der Waals surface area contributed by atoms with Gasteiger partial charge in [0.2, 0.25) is 5.96 Å². The number of nitrogens with zero attached hydrogens (tertiary/aromatic N) is 2. The van der Waals surface area contributed by atoms with Gasteiger partial charge in [-0.1, -0.05) is 0 Å². The lowest BCUT2D eigenvalue weighted by Gasteiger charge is -2.27. The second kappa shape index (κ2) is 5.03. The summed E-state index contributed by atoms with van der Waals surface area (Å²) < 4.78 is 10.6. The molecule has 1 heterocycles. The van der Waals surface area contributed by atoms with E-state index in [9.17, 15) is 0 Å². The average Bonchev–Trinajstić information content (AvgIpc) is 2.36. The molecule has 6 heteroatoms. The van der Waals surface area contributed by atoms with Gasteiger partial charge in [0, 0.05) is 6.54 Å². The van der Waals surface area contributed by atoms with Crippen LogP contribution in [0.15, 0.2) is 17.2 Å². The maximum atomic E-state index is 5.39. The Morgan fingerprint density at radius 2 is 1.78 bits per heavy atom. The van der Waals surface area contributed by atoms with Gasteiger partial charge in [0.1, 0.15) is 0 Å². The molecule has 0 radical (unpaired) electrons. The van der Waals surface area contributed by atoms with Crippen LogP contribution >= 0.6 is 0 Å². The lowest BCUT2D eigenvalue weighted by Crippen LogP contribution is -2.32. The molecule has 4 N–H and O–H groups in total. The standard InChI is InChI=1S/C12H18N4O2/c1-17-10-5-8-3-4-16(15-12(13)14)7-9(8)6-11(10)18-2/h5-6H,3-4,7H2,1-2H3,(H4,13,14,15). The molecular formula is C12H18N4O2. The largest absolute Gasteiger partial charge is 0.493 e. The molecule has 1 aliphatic heterocycles. The SMILES string of the molecule is COc1cc2c(cc1OC)CN(N=C(N)N)CC2. The van der Waals surface area contributed by atoms with E-state index in [1.165, 1.54) is 5.56 Å². The Morgan fingerprint density at radius 3 is 2.33 bits per heavy atom. The summed E-state index contributed by atoms with van der Waals surface area (Å²) in [4.78, 5) is 0. The Morgan fingerprint density at radius 1 is 1.17 bits per heavy atom. The average molecular weight is 250 g/mol. The quantitative estimate of drug-likeness (QED) is 0.593. The molecule has 1 aromatic rings. The number of hydrazone groups is 1. The molecule has 6 nitrogen and oxygen atoms in total. The van der Waals surface area contributed by atoms with Crippen LogP contribution in [0.25, 0.3) is 0 Å². The zero-order valence-electron chi connectivity index (χ0n) is 10.6. The molecule has 0 unspecified atom stereocenters. The number of nitrogens with two attached hydrogens (primary N) is 2. The van der Waals surface area contributed by atoms with Crippen LogP contribution in [0, 0.1) is 0 Å². The van der Waals surface area contributed by atoms with Crippen LogP contribution in [0.4, 0.5) is 0 Å². The van der Waals surface area contributed by atoms with Crippen molar-refractivity contribution in [3.8, 4) is 11.5 Å². The summed E-state index contributed by atoms with van der Waals surface area (Å²) in [6, 6.07) is 3.99. The molecule has 0 spiro atoms. The molecule has 0 aromatic heterocycles. The van der Waals surface area contributed by atoms with Crippen LogP contribution in [0.3, 0.4) is 0 Å². The fraction of sp³-hybridized carbons (Fsp3) is 0.417. The molecule has 0 amide bonds. The smallest absolute Gasteiger partial charge is 0.208 e. The zero-order chi connectivity index (χ0) is 13.1. The van der Waals surface area contributed by atoms with Crippen LogP contribution in [0.2, 0.25) is 0 Å². The normalized spacial score (nSPS) is 13.8. The Labute approximate surface area is 106 Å². The van der Waals surface area contributed by atoms with Crippen LogP contribution in [-0.4, -0.2) is 31.7 Å². The number of fused-ring (bicyclic) bond motifs is 1. The Bertz CT molecular complexity index is 469. The first-order chi connectivity index (χ1) is 8.63. The van der Waals surface area contributed by atoms with Crippen LogP contribution in [0.5, 0.6) is 11.5 Å². The van der Waals surface area contributed by atoms with Crippen molar-refractivity contribution in [2.75, 3.05) is 20.8 Å². The molecule has 0 bridgehead atoms. The second-order valence-electron chi connectivity index (χ2n) is 4.14. The van der Waals surface area contributed by atoms with E-state index < -0.39 is 0 Å². The molecule has 2 rings (SSSR count). The van der Waals surface area contributed by atoms with Crippen molar-refractivity contribution < 1.29 is 9.47 Å². The van der Waals surface area contributed by atoms with Gasteiger partial charge in [-0.15, -0.1) is 5.10 Å². The zero-order valence-corrected chi connectivity index (χ0v) is 10.6. The van der Waals surface area contributed by atoms with E-state index >= 15 is 0 Å². The third-order valence-electron chi connectivity index (χ3n) is 2.95. The Kier molecular flexibility index (Phi) is 3.45. The van der Waals surface area contributed by atoms with E-state index in [4.69, 9.17) is 20.9 Å². The number of rotatable bonds is 3. The highest BCUT2D eigenvalue weighted by atomic mass is 16.5. The summed E-state index contributed by atoms with van der Waals surface area (Å²) in [5, 5.41) is 5.92. The van der Waals surface area contributed by atoms with Crippen LogP contribution < -0.4 is 20.9 Å². The van der Waals surface area contributed by atoms with E-state index in [0.717, 1.165) is 30.0 Å². The third-order valence-corrected chi connectivity index (χ3v) is 2.95. The second-order valence-corrected chi connectivity index (χ2v) is 4.14. The van der Waals surface area contributed by atoms with Crippen LogP contribution in [0.1, 0.15) is 11.1 Å². The van der Waals surface area contributed by atoms with Crippen molar-refractivity contribution >= 4 is 5.96 Å². The van der Waals surface area contributed by atoms with Gasteiger partial charge in [-0.25, -0.2) is 0 Å². The highest BCUT2D eigenvalue weighted by Gasteiger charge is 2.18. The Hall–Kier alpha value is -2.11. The molecule has 0 fully saturated rings. The van der Waals surface area contributed by atoms with Gasteiger partial charge in [-0.05, 0) is 29.7 Å². The summed E-state index contributed by atoms with van der Waals surface area (Å²) in [7, 11) is 3.26. The summed E-state index contributed by atoms with van der Waals surface area (Å²) in [5.74, 6) is 1.56. The molecular weight excluding hydrogens is 232 g/mol. The first-order valence-electron chi connectivity index (χ1n) is 5.72. The fourth-order valence-corrected chi connectivity index (χ4v) is 2.12. The third kappa shape index (κ3) is 2.42. The molecule has 1 aromatic carbocycles. The van der Waals surface area contributed by atoms with E-state index in [-0.39, 0.29) is 5.96 Å². The van der Waals surface area contributed by atoms with Gasteiger partial charge in [-0.3, -0.25) is 5.01 Å². The molecule has 0 atom stereocenters. The number of methoxy groups -OCH3 is 2. The van der Waals surface area contributed by atoms with Gasteiger partial charge in [-0.2, -0.15) is 0 Å². The highest BCUT2D eigenvalue weighted by molar-refractivity contribution is 5.75. The Balaban J connectivity index is 2.29. The van der Waals surface area contributed by atoms with Crippen molar-refractivity contribution in [2.45, 2.75) is 13.0 Å². The van der Waals surface area contributed by atoms with E-state index in [1.807, 2.05) is 17.1 Å². The number of hydrogen-bond acceptors (Lipinski definition) is 4. The molecule has 1 aliphatic rings.